The van der Waals surface area contributed by atoms with E-state index >= 15 is 0 Å². The van der Waals surface area contributed by atoms with E-state index in [-0.39, 0.29) is 22.2 Å². The number of rotatable bonds is 5. The average molecular weight is 394 g/mol. The van der Waals surface area contributed by atoms with Crippen molar-refractivity contribution in [3.8, 4) is 0 Å². The van der Waals surface area contributed by atoms with Crippen molar-refractivity contribution in [3.63, 3.8) is 0 Å². The Morgan fingerprint density at radius 2 is 1.73 bits per heavy atom. The first-order valence-electron chi connectivity index (χ1n) is 7.60. The number of benzene rings is 2. The number of aliphatic hydroxyl groups is 1. The first-order chi connectivity index (χ1) is 12.3. The van der Waals surface area contributed by atoms with Crippen molar-refractivity contribution in [1.29, 1.82) is 0 Å². The van der Waals surface area contributed by atoms with E-state index in [1.165, 1.54) is 29.2 Å². The fourth-order valence-corrected chi connectivity index (χ4v) is 3.33. The standard InChI is InChI=1S/C17H16ClN3O4S/c18-14-15(20-12-6-8-13(9-7-12)26(19,24)25)17(23)21(16(14)22)10-11-4-2-1-3-5-11/h1-9,17,20,23H,10H2,(H2,19,24,25). The third kappa shape index (κ3) is 3.73. The summed E-state index contributed by atoms with van der Waals surface area (Å²) in [6, 6.07) is 14.8. The second-order valence-electron chi connectivity index (χ2n) is 5.71. The Bertz CT molecular complexity index is 959. The van der Waals surface area contributed by atoms with Gasteiger partial charge in [0.2, 0.25) is 10.0 Å². The molecule has 0 aromatic heterocycles. The SMILES string of the molecule is NS(=O)(=O)c1ccc(NC2=C(Cl)C(=O)N(Cc3ccccc3)C2O)cc1. The first-order valence-corrected chi connectivity index (χ1v) is 9.52. The van der Waals surface area contributed by atoms with Crippen LogP contribution in [0.15, 0.2) is 70.2 Å². The summed E-state index contributed by atoms with van der Waals surface area (Å²) in [6.45, 7) is 0.201. The lowest BCUT2D eigenvalue weighted by molar-refractivity contribution is -0.132. The van der Waals surface area contributed by atoms with Gasteiger partial charge in [0.05, 0.1) is 10.6 Å². The number of carbonyl (C=O) groups excluding carboxylic acids is 1. The third-order valence-electron chi connectivity index (χ3n) is 3.90. The normalized spacial score (nSPS) is 17.7. The predicted octanol–water partition coefficient (Wildman–Crippen LogP) is 1.56. The molecule has 1 aliphatic rings. The summed E-state index contributed by atoms with van der Waals surface area (Å²) < 4.78 is 22.6. The highest BCUT2D eigenvalue weighted by molar-refractivity contribution is 7.89. The van der Waals surface area contributed by atoms with Crippen LogP contribution in [-0.2, 0) is 21.4 Å². The van der Waals surface area contributed by atoms with Gasteiger partial charge in [-0.2, -0.15) is 0 Å². The molecule has 1 aliphatic heterocycles. The summed E-state index contributed by atoms with van der Waals surface area (Å²) in [5, 5.41) is 18.3. The van der Waals surface area contributed by atoms with Crippen molar-refractivity contribution in [3.05, 3.63) is 70.9 Å². The van der Waals surface area contributed by atoms with E-state index in [1.807, 2.05) is 30.3 Å². The zero-order chi connectivity index (χ0) is 18.9. The maximum absolute atomic E-state index is 12.3. The fraction of sp³-hybridized carbons (Fsp3) is 0.118. The molecule has 0 fully saturated rings. The van der Waals surface area contributed by atoms with E-state index in [1.54, 1.807) is 0 Å². The molecular formula is C17H16ClN3O4S. The van der Waals surface area contributed by atoms with Crippen LogP contribution in [0.25, 0.3) is 0 Å². The zero-order valence-corrected chi connectivity index (χ0v) is 15.0. The molecule has 9 heteroatoms. The minimum absolute atomic E-state index is 0.0446. The molecule has 0 spiro atoms. The van der Waals surface area contributed by atoms with Crippen LogP contribution in [0.4, 0.5) is 5.69 Å². The van der Waals surface area contributed by atoms with Gasteiger partial charge in [0.15, 0.2) is 6.23 Å². The van der Waals surface area contributed by atoms with Crippen LogP contribution in [0.5, 0.6) is 0 Å². The van der Waals surface area contributed by atoms with Crippen molar-refractivity contribution in [2.45, 2.75) is 17.7 Å². The summed E-state index contributed by atoms with van der Waals surface area (Å²) in [6.07, 6.45) is -1.24. The minimum Gasteiger partial charge on any atom is -0.368 e. The molecule has 2 aromatic rings. The van der Waals surface area contributed by atoms with Crippen molar-refractivity contribution >= 4 is 33.2 Å². The van der Waals surface area contributed by atoms with Gasteiger partial charge in [-0.3, -0.25) is 4.79 Å². The van der Waals surface area contributed by atoms with Gasteiger partial charge in [-0.1, -0.05) is 41.9 Å². The van der Waals surface area contributed by atoms with Gasteiger partial charge in [0.1, 0.15) is 5.03 Å². The molecule has 7 nitrogen and oxygen atoms in total. The van der Waals surface area contributed by atoms with Gasteiger partial charge >= 0.3 is 0 Å². The molecule has 0 saturated carbocycles. The molecule has 3 rings (SSSR count). The number of anilines is 1. The predicted molar refractivity (Wildman–Crippen MR) is 97.3 cm³/mol. The molecule has 4 N–H and O–H groups in total. The summed E-state index contributed by atoms with van der Waals surface area (Å²) in [4.78, 5) is 13.5. The van der Waals surface area contributed by atoms with E-state index in [9.17, 15) is 18.3 Å². The smallest absolute Gasteiger partial charge is 0.269 e. The quantitative estimate of drug-likeness (QED) is 0.713. The Hall–Kier alpha value is -2.39. The highest BCUT2D eigenvalue weighted by atomic mass is 35.5. The van der Waals surface area contributed by atoms with Crippen LogP contribution in [-0.4, -0.2) is 30.6 Å². The van der Waals surface area contributed by atoms with Gasteiger partial charge < -0.3 is 15.3 Å². The van der Waals surface area contributed by atoms with Gasteiger partial charge in [0, 0.05) is 12.2 Å². The number of nitrogens with one attached hydrogen (secondary N) is 1. The topological polar surface area (TPSA) is 113 Å². The molecule has 26 heavy (non-hydrogen) atoms. The summed E-state index contributed by atoms with van der Waals surface area (Å²) in [7, 11) is -3.80. The summed E-state index contributed by atoms with van der Waals surface area (Å²) in [5.74, 6) is -0.494. The Morgan fingerprint density at radius 3 is 2.31 bits per heavy atom. The number of halogens is 1. The van der Waals surface area contributed by atoms with Crippen LogP contribution in [0, 0.1) is 0 Å². The molecule has 0 radical (unpaired) electrons. The van der Waals surface area contributed by atoms with Crippen molar-refractivity contribution in [2.24, 2.45) is 5.14 Å². The number of carbonyl (C=O) groups is 1. The molecule has 1 unspecified atom stereocenters. The van der Waals surface area contributed by atoms with Crippen molar-refractivity contribution < 1.29 is 18.3 Å². The van der Waals surface area contributed by atoms with Crippen LogP contribution in [0.2, 0.25) is 0 Å². The first kappa shape index (κ1) is 18.4. The molecule has 1 heterocycles. The van der Waals surface area contributed by atoms with Gasteiger partial charge in [-0.25, -0.2) is 13.6 Å². The van der Waals surface area contributed by atoms with Crippen LogP contribution >= 0.6 is 11.6 Å². The largest absolute Gasteiger partial charge is 0.368 e. The van der Waals surface area contributed by atoms with Crippen LogP contribution in [0.3, 0.4) is 0 Å². The van der Waals surface area contributed by atoms with Gasteiger partial charge in [-0.05, 0) is 29.8 Å². The third-order valence-corrected chi connectivity index (χ3v) is 5.19. The Kier molecular flexibility index (Phi) is 5.01. The molecular weight excluding hydrogens is 378 g/mol. The molecule has 0 bridgehead atoms. The second kappa shape index (κ2) is 7.08. The minimum atomic E-state index is -3.80. The second-order valence-corrected chi connectivity index (χ2v) is 7.65. The molecule has 1 amide bonds. The number of nitrogens with two attached hydrogens (primary N) is 1. The van der Waals surface area contributed by atoms with Crippen molar-refractivity contribution in [2.75, 3.05) is 5.32 Å². The maximum Gasteiger partial charge on any atom is 0.269 e. The number of sulfonamides is 1. The highest BCUT2D eigenvalue weighted by Gasteiger charge is 2.37. The Morgan fingerprint density at radius 1 is 1.12 bits per heavy atom. The lowest BCUT2D eigenvalue weighted by atomic mass is 10.2. The monoisotopic (exact) mass is 393 g/mol. The Labute approximate surface area is 155 Å². The zero-order valence-electron chi connectivity index (χ0n) is 13.5. The average Bonchev–Trinajstić information content (AvgIpc) is 2.80. The van der Waals surface area contributed by atoms with Crippen LogP contribution in [0.1, 0.15) is 5.56 Å². The number of primary sulfonamides is 1. The molecule has 1 atom stereocenters. The van der Waals surface area contributed by atoms with E-state index in [0.717, 1.165) is 5.56 Å². The maximum atomic E-state index is 12.3. The molecule has 0 aliphatic carbocycles. The Balaban J connectivity index is 1.78. The highest BCUT2D eigenvalue weighted by Crippen LogP contribution is 2.30. The molecule has 0 saturated heterocycles. The summed E-state index contributed by atoms with van der Waals surface area (Å²) in [5.41, 5.74) is 1.44. The van der Waals surface area contributed by atoms with E-state index < -0.39 is 22.2 Å². The van der Waals surface area contributed by atoms with E-state index in [2.05, 4.69) is 5.32 Å². The number of aliphatic hydroxyl groups excluding tert-OH is 1. The van der Waals surface area contributed by atoms with E-state index in [4.69, 9.17) is 16.7 Å². The van der Waals surface area contributed by atoms with E-state index in [0.29, 0.717) is 5.69 Å². The number of hydrogen-bond donors (Lipinski definition) is 3. The fourth-order valence-electron chi connectivity index (χ4n) is 2.56. The van der Waals surface area contributed by atoms with Gasteiger partial charge in [0.25, 0.3) is 5.91 Å². The van der Waals surface area contributed by atoms with Gasteiger partial charge in [-0.15, -0.1) is 0 Å². The molecule has 2 aromatic carbocycles. The molecule has 136 valence electrons. The van der Waals surface area contributed by atoms with Crippen LogP contribution < -0.4 is 10.5 Å². The number of amides is 1. The lowest BCUT2D eigenvalue weighted by Gasteiger charge is -2.23. The van der Waals surface area contributed by atoms with Crippen molar-refractivity contribution in [1.82, 2.24) is 4.90 Å². The number of nitrogens with zero attached hydrogens (tertiary/aromatic N) is 1. The lowest BCUT2D eigenvalue weighted by Crippen LogP contribution is -2.35. The number of hydrogen-bond acceptors (Lipinski definition) is 5. The summed E-state index contributed by atoms with van der Waals surface area (Å²) >= 11 is 6.09.